The van der Waals surface area contributed by atoms with Crippen LogP contribution in [-0.2, 0) is 17.8 Å². The number of hydrogen-bond donors (Lipinski definition) is 2. The van der Waals surface area contributed by atoms with Crippen LogP contribution in [0.25, 0.3) is 16.6 Å². The van der Waals surface area contributed by atoms with Crippen LogP contribution in [0, 0.1) is 11.6 Å². The Morgan fingerprint density at radius 3 is 2.50 bits per heavy atom. The third-order valence-electron chi connectivity index (χ3n) is 5.47. The van der Waals surface area contributed by atoms with Gasteiger partial charge in [0.1, 0.15) is 17.7 Å². The largest absolute Gasteiger partial charge is 0.480 e. The molecule has 8 heteroatoms. The zero-order valence-electron chi connectivity index (χ0n) is 18.0. The van der Waals surface area contributed by atoms with Gasteiger partial charge in [0.05, 0.1) is 17.6 Å². The number of nitrogens with one attached hydrogen (secondary N) is 1. The smallest absolute Gasteiger partial charge is 0.326 e. The van der Waals surface area contributed by atoms with Gasteiger partial charge < -0.3 is 15.0 Å². The van der Waals surface area contributed by atoms with Crippen LogP contribution in [0.15, 0.2) is 84.4 Å². The van der Waals surface area contributed by atoms with E-state index in [0.29, 0.717) is 5.56 Å². The molecule has 0 spiro atoms. The van der Waals surface area contributed by atoms with E-state index in [-0.39, 0.29) is 24.2 Å². The highest BCUT2D eigenvalue weighted by atomic mass is 19.1. The maximum atomic E-state index is 14.1. The first-order valence-corrected chi connectivity index (χ1v) is 10.5. The van der Waals surface area contributed by atoms with Crippen molar-refractivity contribution >= 4 is 22.6 Å². The van der Waals surface area contributed by atoms with E-state index in [4.69, 9.17) is 0 Å². The number of aromatic nitrogens is 2. The van der Waals surface area contributed by atoms with Gasteiger partial charge in [0, 0.05) is 36.0 Å². The van der Waals surface area contributed by atoms with Gasteiger partial charge in [-0.2, -0.15) is 0 Å². The number of benzene rings is 2. The summed E-state index contributed by atoms with van der Waals surface area (Å²) in [5.74, 6) is -2.86. The van der Waals surface area contributed by atoms with E-state index in [1.165, 1.54) is 12.1 Å². The predicted molar refractivity (Wildman–Crippen MR) is 125 cm³/mol. The molecule has 2 aromatic heterocycles. The number of aliphatic carboxylic acids is 1. The van der Waals surface area contributed by atoms with Gasteiger partial charge in [-0.3, -0.25) is 9.78 Å². The minimum Gasteiger partial charge on any atom is -0.480 e. The van der Waals surface area contributed by atoms with Gasteiger partial charge >= 0.3 is 5.97 Å². The molecule has 172 valence electrons. The van der Waals surface area contributed by atoms with Crippen molar-refractivity contribution in [3.8, 4) is 0 Å². The van der Waals surface area contributed by atoms with Crippen LogP contribution in [0.4, 0.5) is 8.78 Å². The number of hydrogen-bond acceptors (Lipinski definition) is 4. The fourth-order valence-corrected chi connectivity index (χ4v) is 3.85. The van der Waals surface area contributed by atoms with Crippen molar-refractivity contribution in [2.45, 2.75) is 19.0 Å². The third kappa shape index (κ3) is 4.85. The fourth-order valence-electron chi connectivity index (χ4n) is 3.85. The molecule has 34 heavy (non-hydrogen) atoms. The zero-order valence-corrected chi connectivity index (χ0v) is 18.0. The van der Waals surface area contributed by atoms with E-state index in [1.54, 1.807) is 47.3 Å². The molecule has 0 radical (unpaired) electrons. The SMILES string of the molecule is C=C(NC(Cc1cccc(Cn2c(=O)ccc3cnccc32)c1)C(=O)O)c1c(F)cccc1F. The maximum absolute atomic E-state index is 14.1. The molecule has 0 aliphatic rings. The molecular formula is C26H21F2N3O3. The summed E-state index contributed by atoms with van der Waals surface area (Å²) < 4.78 is 29.7. The number of fused-ring (bicyclic) bond motifs is 1. The molecule has 6 nitrogen and oxygen atoms in total. The first-order chi connectivity index (χ1) is 16.3. The normalized spacial score (nSPS) is 11.8. The topological polar surface area (TPSA) is 84.2 Å². The number of carboxylic acids is 1. The molecular weight excluding hydrogens is 440 g/mol. The van der Waals surface area contributed by atoms with Gasteiger partial charge in [-0.25, -0.2) is 13.6 Å². The highest BCUT2D eigenvalue weighted by Crippen LogP contribution is 2.20. The molecule has 2 N–H and O–H groups in total. The first kappa shape index (κ1) is 22.8. The van der Waals surface area contributed by atoms with Gasteiger partial charge in [-0.15, -0.1) is 0 Å². The molecule has 0 saturated carbocycles. The van der Waals surface area contributed by atoms with E-state index in [2.05, 4.69) is 16.9 Å². The van der Waals surface area contributed by atoms with Crippen LogP contribution in [0.5, 0.6) is 0 Å². The minimum atomic E-state index is -1.19. The number of halogens is 2. The lowest BCUT2D eigenvalue weighted by molar-refractivity contribution is -0.139. The molecule has 0 fully saturated rings. The van der Waals surface area contributed by atoms with Crippen molar-refractivity contribution in [1.29, 1.82) is 0 Å². The van der Waals surface area contributed by atoms with E-state index in [1.807, 2.05) is 6.07 Å². The van der Waals surface area contributed by atoms with Crippen LogP contribution in [0.3, 0.4) is 0 Å². The number of nitrogens with zero attached hydrogens (tertiary/aromatic N) is 2. The average molecular weight is 461 g/mol. The van der Waals surface area contributed by atoms with Gasteiger partial charge in [-0.1, -0.05) is 36.9 Å². The average Bonchev–Trinajstić information content (AvgIpc) is 2.80. The Kier molecular flexibility index (Phi) is 6.49. The molecule has 0 bridgehead atoms. The standard InChI is InChI=1S/C26H21F2N3O3/c1-16(25-20(27)6-3-7-21(25)28)30-22(26(33)34)13-17-4-2-5-18(12-17)15-31-23-10-11-29-14-19(23)8-9-24(31)32/h2-12,14,22,30H,1,13,15H2,(H,33,34). The van der Waals surface area contributed by atoms with Crippen molar-refractivity contribution in [3.05, 3.63) is 118 Å². The lowest BCUT2D eigenvalue weighted by Gasteiger charge is -2.19. The lowest BCUT2D eigenvalue weighted by atomic mass is 10.0. The highest BCUT2D eigenvalue weighted by molar-refractivity contribution is 5.78. The Labute approximate surface area is 193 Å². The van der Waals surface area contributed by atoms with Crippen LogP contribution >= 0.6 is 0 Å². The molecule has 1 unspecified atom stereocenters. The Bertz CT molecular complexity index is 1430. The summed E-state index contributed by atoms with van der Waals surface area (Å²) >= 11 is 0. The van der Waals surface area contributed by atoms with Crippen molar-refractivity contribution in [2.24, 2.45) is 0 Å². The Balaban J connectivity index is 1.56. The Morgan fingerprint density at radius 2 is 1.76 bits per heavy atom. The number of carboxylic acid groups (broad SMARTS) is 1. The number of pyridine rings is 2. The summed E-state index contributed by atoms with van der Waals surface area (Å²) in [5.41, 5.74) is 1.49. The summed E-state index contributed by atoms with van der Waals surface area (Å²) in [5, 5.41) is 13.1. The summed E-state index contributed by atoms with van der Waals surface area (Å²) in [6.45, 7) is 3.91. The monoisotopic (exact) mass is 461 g/mol. The second-order valence-electron chi connectivity index (χ2n) is 7.83. The van der Waals surface area contributed by atoms with Crippen LogP contribution in [0.2, 0.25) is 0 Å². The minimum absolute atomic E-state index is 0.0343. The zero-order chi connectivity index (χ0) is 24.2. The predicted octanol–water partition coefficient (Wildman–Crippen LogP) is 3.98. The summed E-state index contributed by atoms with van der Waals surface area (Å²) in [6, 6.07) is 14.3. The molecule has 0 saturated heterocycles. The second kappa shape index (κ2) is 9.66. The second-order valence-corrected chi connectivity index (χ2v) is 7.83. The molecule has 0 aliphatic carbocycles. The van der Waals surface area contributed by atoms with Crippen molar-refractivity contribution in [1.82, 2.24) is 14.9 Å². The summed E-state index contributed by atoms with van der Waals surface area (Å²) in [6.07, 6.45) is 3.33. The lowest BCUT2D eigenvalue weighted by Crippen LogP contribution is -2.37. The highest BCUT2D eigenvalue weighted by Gasteiger charge is 2.21. The Morgan fingerprint density at radius 1 is 1.06 bits per heavy atom. The molecule has 2 heterocycles. The van der Waals surface area contributed by atoms with Gasteiger partial charge in [0.25, 0.3) is 5.56 Å². The van der Waals surface area contributed by atoms with E-state index in [9.17, 15) is 23.5 Å². The maximum Gasteiger partial charge on any atom is 0.326 e. The van der Waals surface area contributed by atoms with Gasteiger partial charge in [-0.05, 0) is 35.4 Å². The van der Waals surface area contributed by atoms with Gasteiger partial charge in [0.15, 0.2) is 0 Å². The van der Waals surface area contributed by atoms with E-state index < -0.39 is 29.2 Å². The van der Waals surface area contributed by atoms with Crippen molar-refractivity contribution in [3.63, 3.8) is 0 Å². The third-order valence-corrected chi connectivity index (χ3v) is 5.47. The van der Waals surface area contributed by atoms with Crippen molar-refractivity contribution < 1.29 is 18.7 Å². The summed E-state index contributed by atoms with van der Waals surface area (Å²) in [4.78, 5) is 28.4. The van der Waals surface area contributed by atoms with E-state index in [0.717, 1.165) is 28.6 Å². The van der Waals surface area contributed by atoms with Crippen molar-refractivity contribution in [2.75, 3.05) is 0 Å². The molecule has 1 atom stereocenters. The van der Waals surface area contributed by atoms with Gasteiger partial charge in [0.2, 0.25) is 0 Å². The molecule has 2 aromatic carbocycles. The van der Waals surface area contributed by atoms with Crippen LogP contribution in [-0.4, -0.2) is 26.7 Å². The number of carbonyl (C=O) groups is 1. The van der Waals surface area contributed by atoms with Crippen LogP contribution < -0.4 is 10.9 Å². The van der Waals surface area contributed by atoms with Crippen LogP contribution in [0.1, 0.15) is 16.7 Å². The quantitative estimate of drug-likeness (QED) is 0.415. The summed E-state index contributed by atoms with van der Waals surface area (Å²) in [7, 11) is 0. The molecule has 4 rings (SSSR count). The first-order valence-electron chi connectivity index (χ1n) is 10.5. The molecule has 0 aliphatic heterocycles. The van der Waals surface area contributed by atoms with E-state index >= 15 is 0 Å². The fraction of sp³-hybridized carbons (Fsp3) is 0.115. The number of rotatable bonds is 8. The molecule has 0 amide bonds. The molecule has 4 aromatic rings. The Hall–Kier alpha value is -4.33.